The third kappa shape index (κ3) is 21.2. The van der Waals surface area contributed by atoms with Crippen LogP contribution in [0.1, 0.15) is 162 Å². The highest BCUT2D eigenvalue weighted by atomic mass is 16.6. The van der Waals surface area contributed by atoms with Crippen LogP contribution >= 0.6 is 0 Å². The summed E-state index contributed by atoms with van der Waals surface area (Å²) in [5.41, 5.74) is 0. The van der Waals surface area contributed by atoms with Gasteiger partial charge in [-0.1, -0.05) is 129 Å². The molecule has 0 bridgehead atoms. The summed E-state index contributed by atoms with van der Waals surface area (Å²) < 4.78 is 10.5. The zero-order valence-corrected chi connectivity index (χ0v) is 29.5. The first-order valence-corrected chi connectivity index (χ1v) is 18.7. The Bertz CT molecular complexity index is 826. The molecular formula is C38H68O8. The normalized spacial score (nSPS) is 19.6. The molecule has 0 aromatic rings. The number of aliphatic hydroxyl groups excluding tert-OH is 3. The minimum atomic E-state index is -0.842. The second kappa shape index (κ2) is 27.2. The molecule has 5 atom stereocenters. The summed E-state index contributed by atoms with van der Waals surface area (Å²) in [4.78, 5) is 36.8. The number of rotatable bonds is 29. The summed E-state index contributed by atoms with van der Waals surface area (Å²) in [6, 6.07) is 0. The van der Waals surface area contributed by atoms with Crippen LogP contribution < -0.4 is 0 Å². The Kier molecular flexibility index (Phi) is 25.0. The van der Waals surface area contributed by atoms with E-state index in [1.807, 2.05) is 6.08 Å². The monoisotopic (exact) mass is 652 g/mol. The minimum Gasteiger partial charge on any atom is -0.462 e. The number of carbonyl (C=O) groups is 3. The molecule has 8 heteroatoms. The van der Waals surface area contributed by atoms with Gasteiger partial charge >= 0.3 is 11.9 Å². The van der Waals surface area contributed by atoms with E-state index in [1.54, 1.807) is 6.08 Å². The highest BCUT2D eigenvalue weighted by Crippen LogP contribution is 2.34. The average molecular weight is 653 g/mol. The summed E-state index contributed by atoms with van der Waals surface area (Å²) in [6.07, 6.45) is 21.8. The van der Waals surface area contributed by atoms with Crippen molar-refractivity contribution >= 4 is 17.7 Å². The van der Waals surface area contributed by atoms with Crippen LogP contribution in [0.25, 0.3) is 0 Å². The van der Waals surface area contributed by atoms with E-state index in [1.165, 1.54) is 44.9 Å². The van der Waals surface area contributed by atoms with E-state index >= 15 is 0 Å². The minimum absolute atomic E-state index is 0.0823. The molecule has 0 spiro atoms. The number of hydrogen-bond acceptors (Lipinski definition) is 8. The van der Waals surface area contributed by atoms with Crippen molar-refractivity contribution in [1.82, 2.24) is 0 Å². The lowest BCUT2D eigenvalue weighted by Crippen LogP contribution is -2.28. The molecule has 0 aliphatic heterocycles. The fourth-order valence-corrected chi connectivity index (χ4v) is 6.22. The van der Waals surface area contributed by atoms with Crippen LogP contribution in [0.5, 0.6) is 0 Å². The van der Waals surface area contributed by atoms with E-state index < -0.39 is 24.9 Å². The first kappa shape index (κ1) is 42.3. The molecule has 1 rings (SSSR count). The summed E-state index contributed by atoms with van der Waals surface area (Å²) in [7, 11) is 0. The number of Topliss-reactive ketones (excluding diaryl/α,β-unsaturated/α-hetero) is 1. The fraction of sp³-hybridized carbons (Fsp3) is 0.868. The lowest BCUT2D eigenvalue weighted by Gasteiger charge is -2.18. The van der Waals surface area contributed by atoms with Crippen molar-refractivity contribution < 1.29 is 39.2 Å². The zero-order chi connectivity index (χ0) is 34.0. The maximum Gasteiger partial charge on any atom is 0.306 e. The first-order valence-electron chi connectivity index (χ1n) is 18.7. The molecule has 0 unspecified atom stereocenters. The van der Waals surface area contributed by atoms with E-state index in [4.69, 9.17) is 9.47 Å². The summed E-state index contributed by atoms with van der Waals surface area (Å²) in [6.45, 7) is 6.13. The van der Waals surface area contributed by atoms with Crippen molar-refractivity contribution in [3.05, 3.63) is 12.2 Å². The number of esters is 2. The maximum atomic E-state index is 12.5. The molecule has 8 nitrogen and oxygen atoms in total. The highest BCUT2D eigenvalue weighted by Gasteiger charge is 2.39. The van der Waals surface area contributed by atoms with Gasteiger partial charge in [-0.2, -0.15) is 0 Å². The Morgan fingerprint density at radius 3 is 2.00 bits per heavy atom. The van der Waals surface area contributed by atoms with Crippen LogP contribution in [0, 0.1) is 17.8 Å². The SMILES string of the molecule is CCCCC[C@H](O)/C=C/[C@H]1[C@H](O)CC(=O)[C@@H]1CCCCCCC(=O)OC[C@H](CO)OC(=O)CCCCCCCCCCCC(C)C. The van der Waals surface area contributed by atoms with E-state index in [-0.39, 0.29) is 49.0 Å². The Hall–Kier alpha value is -1.77. The molecule has 268 valence electrons. The maximum absolute atomic E-state index is 12.5. The molecule has 1 aliphatic carbocycles. The Balaban J connectivity index is 2.12. The molecular weight excluding hydrogens is 584 g/mol. The van der Waals surface area contributed by atoms with Gasteiger partial charge in [-0.3, -0.25) is 14.4 Å². The van der Waals surface area contributed by atoms with Crippen molar-refractivity contribution in [2.24, 2.45) is 17.8 Å². The van der Waals surface area contributed by atoms with Gasteiger partial charge in [0.15, 0.2) is 6.10 Å². The van der Waals surface area contributed by atoms with Crippen LogP contribution in [-0.4, -0.2) is 64.6 Å². The Morgan fingerprint density at radius 1 is 0.826 bits per heavy atom. The van der Waals surface area contributed by atoms with E-state index in [2.05, 4.69) is 20.8 Å². The number of unbranched alkanes of at least 4 members (excludes halogenated alkanes) is 13. The number of ether oxygens (including phenoxy) is 2. The Morgan fingerprint density at radius 2 is 1.39 bits per heavy atom. The van der Waals surface area contributed by atoms with Crippen molar-refractivity contribution in [1.29, 1.82) is 0 Å². The number of carbonyl (C=O) groups excluding carboxylic acids is 3. The second-order valence-corrected chi connectivity index (χ2v) is 13.9. The molecule has 0 heterocycles. The Labute approximate surface area is 280 Å². The van der Waals surface area contributed by atoms with E-state index in [9.17, 15) is 29.7 Å². The molecule has 0 saturated heterocycles. The predicted molar refractivity (Wildman–Crippen MR) is 183 cm³/mol. The first-order chi connectivity index (χ1) is 22.2. The van der Waals surface area contributed by atoms with Gasteiger partial charge in [0.05, 0.1) is 18.8 Å². The van der Waals surface area contributed by atoms with Gasteiger partial charge in [-0.15, -0.1) is 0 Å². The standard InChI is InChI=1S/C38H68O8/c1-4-5-15-21-31(40)25-26-34-33(35(41)27-36(34)42)22-17-13-14-18-23-37(43)45-29-32(28-39)46-38(44)24-19-12-10-8-6-7-9-11-16-20-30(2)3/h25-26,30-34,36,39-40,42H,4-24,27-29H2,1-3H3/b26-25+/t31-,32-,33+,34+,36+/m0/s1. The van der Waals surface area contributed by atoms with Crippen LogP contribution in [0.15, 0.2) is 12.2 Å². The topological polar surface area (TPSA) is 130 Å². The van der Waals surface area contributed by atoms with Crippen molar-refractivity contribution in [2.45, 2.75) is 180 Å². The van der Waals surface area contributed by atoms with Gasteiger partial charge < -0.3 is 24.8 Å². The molecule has 1 fully saturated rings. The van der Waals surface area contributed by atoms with Gasteiger partial charge in [0.25, 0.3) is 0 Å². The third-order valence-corrected chi connectivity index (χ3v) is 9.13. The molecule has 1 aliphatic rings. The van der Waals surface area contributed by atoms with E-state index in [0.29, 0.717) is 25.7 Å². The highest BCUT2D eigenvalue weighted by molar-refractivity contribution is 5.84. The fourth-order valence-electron chi connectivity index (χ4n) is 6.22. The van der Waals surface area contributed by atoms with Gasteiger partial charge in [0.1, 0.15) is 12.4 Å². The number of hydrogen-bond donors (Lipinski definition) is 3. The molecule has 0 radical (unpaired) electrons. The van der Waals surface area contributed by atoms with Gasteiger partial charge in [0, 0.05) is 31.1 Å². The summed E-state index contributed by atoms with van der Waals surface area (Å²) in [5.74, 6) is -0.345. The predicted octanol–water partition coefficient (Wildman–Crippen LogP) is 7.78. The second-order valence-electron chi connectivity index (χ2n) is 13.9. The van der Waals surface area contributed by atoms with Crippen LogP contribution in [0.4, 0.5) is 0 Å². The number of aliphatic hydroxyl groups is 3. The molecule has 1 saturated carbocycles. The molecule has 46 heavy (non-hydrogen) atoms. The third-order valence-electron chi connectivity index (χ3n) is 9.13. The lowest BCUT2D eigenvalue weighted by atomic mass is 9.88. The molecule has 3 N–H and O–H groups in total. The summed E-state index contributed by atoms with van der Waals surface area (Å²) in [5, 5.41) is 30.1. The van der Waals surface area contributed by atoms with Crippen LogP contribution in [0.3, 0.4) is 0 Å². The zero-order valence-electron chi connectivity index (χ0n) is 29.5. The van der Waals surface area contributed by atoms with Crippen LogP contribution in [0.2, 0.25) is 0 Å². The quantitative estimate of drug-likeness (QED) is 0.0424. The van der Waals surface area contributed by atoms with Crippen molar-refractivity contribution in [3.63, 3.8) is 0 Å². The van der Waals surface area contributed by atoms with Gasteiger partial charge in [0.2, 0.25) is 0 Å². The average Bonchev–Trinajstić information content (AvgIpc) is 3.29. The molecule has 0 amide bonds. The number of ketones is 1. The molecule has 0 aromatic carbocycles. The van der Waals surface area contributed by atoms with E-state index in [0.717, 1.165) is 63.7 Å². The van der Waals surface area contributed by atoms with Crippen molar-refractivity contribution in [3.8, 4) is 0 Å². The summed E-state index contributed by atoms with van der Waals surface area (Å²) >= 11 is 0. The largest absolute Gasteiger partial charge is 0.462 e. The van der Waals surface area contributed by atoms with Crippen molar-refractivity contribution in [2.75, 3.05) is 13.2 Å². The van der Waals surface area contributed by atoms with Gasteiger partial charge in [-0.25, -0.2) is 0 Å². The smallest absolute Gasteiger partial charge is 0.306 e. The van der Waals surface area contributed by atoms with Crippen LogP contribution in [-0.2, 0) is 23.9 Å². The van der Waals surface area contributed by atoms with Gasteiger partial charge in [-0.05, 0) is 31.6 Å². The lowest BCUT2D eigenvalue weighted by molar-refractivity contribution is -0.161. The molecule has 0 aromatic heterocycles.